The van der Waals surface area contributed by atoms with Gasteiger partial charge in [0.05, 0.1) is 17.2 Å². The van der Waals surface area contributed by atoms with Crippen molar-refractivity contribution >= 4 is 17.5 Å². The number of anilines is 1. The van der Waals surface area contributed by atoms with E-state index < -0.39 is 23.6 Å². The van der Waals surface area contributed by atoms with Crippen LogP contribution in [0, 0.1) is 5.92 Å². The molecule has 1 atom stereocenters. The first-order valence-electron chi connectivity index (χ1n) is 9.13. The van der Waals surface area contributed by atoms with Crippen molar-refractivity contribution in [3.8, 4) is 0 Å². The summed E-state index contributed by atoms with van der Waals surface area (Å²) in [5.41, 5.74) is -1.02. The number of amides is 2. The Kier molecular flexibility index (Phi) is 5.53. The molecule has 1 aromatic carbocycles. The van der Waals surface area contributed by atoms with Crippen LogP contribution in [0.25, 0.3) is 0 Å². The molecular formula is C19H23F3N2O2. The summed E-state index contributed by atoms with van der Waals surface area (Å²) in [6, 6.07) is 5.12. The minimum atomic E-state index is -4.54. The summed E-state index contributed by atoms with van der Waals surface area (Å²) in [5, 5.41) is 3.00. The van der Waals surface area contributed by atoms with Gasteiger partial charge in [-0.2, -0.15) is 13.2 Å². The van der Waals surface area contributed by atoms with Crippen LogP contribution in [0.4, 0.5) is 18.9 Å². The van der Waals surface area contributed by atoms with Crippen molar-refractivity contribution in [2.24, 2.45) is 5.92 Å². The van der Waals surface area contributed by atoms with Crippen LogP contribution in [-0.4, -0.2) is 24.4 Å². The zero-order valence-electron chi connectivity index (χ0n) is 14.5. The van der Waals surface area contributed by atoms with E-state index in [0.717, 1.165) is 49.5 Å². The number of para-hydroxylation sites is 1. The molecule has 2 amide bonds. The van der Waals surface area contributed by atoms with Gasteiger partial charge in [0.25, 0.3) is 0 Å². The maximum atomic E-state index is 13.2. The molecule has 3 rings (SSSR count). The van der Waals surface area contributed by atoms with Crippen molar-refractivity contribution in [2.45, 2.75) is 57.2 Å². The van der Waals surface area contributed by atoms with Crippen molar-refractivity contribution in [1.29, 1.82) is 0 Å². The summed E-state index contributed by atoms with van der Waals surface area (Å²) >= 11 is 0. The molecule has 1 aromatic rings. The van der Waals surface area contributed by atoms with E-state index >= 15 is 0 Å². The van der Waals surface area contributed by atoms with Crippen molar-refractivity contribution in [2.75, 3.05) is 11.4 Å². The Morgan fingerprint density at radius 2 is 1.73 bits per heavy atom. The van der Waals surface area contributed by atoms with Gasteiger partial charge < -0.3 is 10.2 Å². The summed E-state index contributed by atoms with van der Waals surface area (Å²) in [6.07, 6.45) is 1.72. The van der Waals surface area contributed by atoms with Gasteiger partial charge >= 0.3 is 6.18 Å². The van der Waals surface area contributed by atoms with Crippen LogP contribution in [0.15, 0.2) is 24.3 Å². The predicted octanol–water partition coefficient (Wildman–Crippen LogP) is 3.90. The molecule has 142 valence electrons. The van der Waals surface area contributed by atoms with Gasteiger partial charge in [0.2, 0.25) is 11.8 Å². The van der Waals surface area contributed by atoms with E-state index in [1.165, 1.54) is 18.2 Å². The average molecular weight is 368 g/mol. The third kappa shape index (κ3) is 4.19. The predicted molar refractivity (Wildman–Crippen MR) is 91.5 cm³/mol. The number of rotatable bonds is 3. The number of nitrogens with zero attached hydrogens (tertiary/aromatic N) is 1. The molecule has 0 spiro atoms. The SMILES string of the molecule is O=C(NC1CCCCCC1)C1CC(=O)N(c2ccccc2C(F)(F)F)C1. The largest absolute Gasteiger partial charge is 0.418 e. The van der Waals surface area contributed by atoms with E-state index in [2.05, 4.69) is 5.32 Å². The van der Waals surface area contributed by atoms with Gasteiger partial charge in [-0.15, -0.1) is 0 Å². The molecule has 0 bridgehead atoms. The van der Waals surface area contributed by atoms with Crippen molar-refractivity contribution in [3.05, 3.63) is 29.8 Å². The smallest absolute Gasteiger partial charge is 0.353 e. The second-order valence-electron chi connectivity index (χ2n) is 7.12. The Morgan fingerprint density at radius 1 is 1.08 bits per heavy atom. The van der Waals surface area contributed by atoms with Gasteiger partial charge in [-0.05, 0) is 25.0 Å². The van der Waals surface area contributed by atoms with E-state index in [-0.39, 0.29) is 30.6 Å². The Labute approximate surface area is 150 Å². The second-order valence-corrected chi connectivity index (χ2v) is 7.12. The maximum absolute atomic E-state index is 13.2. The van der Waals surface area contributed by atoms with E-state index in [1.54, 1.807) is 0 Å². The zero-order chi connectivity index (χ0) is 18.7. The normalized spacial score (nSPS) is 22.3. The average Bonchev–Trinajstić information content (AvgIpc) is 2.80. The highest BCUT2D eigenvalue weighted by molar-refractivity contribution is 6.00. The summed E-state index contributed by atoms with van der Waals surface area (Å²) in [6.45, 7) is -0.00944. The topological polar surface area (TPSA) is 49.4 Å². The molecule has 7 heteroatoms. The summed E-state index contributed by atoms with van der Waals surface area (Å²) in [4.78, 5) is 25.9. The highest BCUT2D eigenvalue weighted by Crippen LogP contribution is 2.38. The van der Waals surface area contributed by atoms with Crippen LogP contribution in [-0.2, 0) is 15.8 Å². The molecule has 1 aliphatic carbocycles. The highest BCUT2D eigenvalue weighted by Gasteiger charge is 2.40. The molecule has 2 fully saturated rings. The van der Waals surface area contributed by atoms with Crippen LogP contribution in [0.2, 0.25) is 0 Å². The lowest BCUT2D eigenvalue weighted by Crippen LogP contribution is -2.39. The molecule has 1 saturated heterocycles. The maximum Gasteiger partial charge on any atom is 0.418 e. The number of carbonyl (C=O) groups is 2. The molecule has 1 unspecified atom stereocenters. The second kappa shape index (κ2) is 7.68. The van der Waals surface area contributed by atoms with Gasteiger partial charge in [0.15, 0.2) is 0 Å². The number of benzene rings is 1. The number of hydrogen-bond acceptors (Lipinski definition) is 2. The molecule has 1 heterocycles. The van der Waals surface area contributed by atoms with Gasteiger partial charge in [-0.25, -0.2) is 0 Å². The highest BCUT2D eigenvalue weighted by atomic mass is 19.4. The molecule has 2 aliphatic rings. The van der Waals surface area contributed by atoms with E-state index in [0.29, 0.717) is 0 Å². The number of carbonyl (C=O) groups excluding carboxylic acids is 2. The minimum absolute atomic E-state index is 0.00944. The van der Waals surface area contributed by atoms with Gasteiger partial charge in [-0.3, -0.25) is 9.59 Å². The van der Waals surface area contributed by atoms with Crippen LogP contribution in [0.5, 0.6) is 0 Å². The van der Waals surface area contributed by atoms with Crippen LogP contribution in [0.1, 0.15) is 50.5 Å². The quantitative estimate of drug-likeness (QED) is 0.823. The van der Waals surface area contributed by atoms with Crippen molar-refractivity contribution in [1.82, 2.24) is 5.32 Å². The van der Waals surface area contributed by atoms with Crippen LogP contribution < -0.4 is 10.2 Å². The lowest BCUT2D eigenvalue weighted by Gasteiger charge is -2.22. The Balaban J connectivity index is 1.70. The standard InChI is InChI=1S/C19H23F3N2O2/c20-19(21,22)15-9-5-6-10-16(15)24-12-13(11-17(24)25)18(26)23-14-7-3-1-2-4-8-14/h5-6,9-10,13-14H,1-4,7-8,11-12H2,(H,23,26). The van der Waals surface area contributed by atoms with Gasteiger partial charge in [-0.1, -0.05) is 37.8 Å². The number of hydrogen-bond donors (Lipinski definition) is 1. The molecule has 1 N–H and O–H groups in total. The minimum Gasteiger partial charge on any atom is -0.353 e. The fourth-order valence-corrected chi connectivity index (χ4v) is 3.81. The monoisotopic (exact) mass is 368 g/mol. The summed E-state index contributed by atoms with van der Waals surface area (Å²) in [5.74, 6) is -1.27. The van der Waals surface area contributed by atoms with E-state index in [9.17, 15) is 22.8 Å². The molecule has 0 radical (unpaired) electrons. The number of nitrogens with one attached hydrogen (secondary N) is 1. The molecule has 1 saturated carbocycles. The first kappa shape index (κ1) is 18.7. The third-order valence-electron chi connectivity index (χ3n) is 5.20. The first-order valence-corrected chi connectivity index (χ1v) is 9.13. The third-order valence-corrected chi connectivity index (χ3v) is 5.20. The molecule has 0 aromatic heterocycles. The van der Waals surface area contributed by atoms with Crippen molar-refractivity contribution in [3.63, 3.8) is 0 Å². The molecule has 1 aliphatic heterocycles. The lowest BCUT2D eigenvalue weighted by atomic mass is 10.0. The van der Waals surface area contributed by atoms with Gasteiger partial charge in [0, 0.05) is 19.0 Å². The Hall–Kier alpha value is -2.05. The van der Waals surface area contributed by atoms with Crippen molar-refractivity contribution < 1.29 is 22.8 Å². The van der Waals surface area contributed by atoms with E-state index in [1.807, 2.05) is 0 Å². The van der Waals surface area contributed by atoms with Crippen LogP contribution in [0.3, 0.4) is 0 Å². The fourth-order valence-electron chi connectivity index (χ4n) is 3.81. The fraction of sp³-hybridized carbons (Fsp3) is 0.579. The van der Waals surface area contributed by atoms with Gasteiger partial charge in [0.1, 0.15) is 0 Å². The van der Waals surface area contributed by atoms with E-state index in [4.69, 9.17) is 0 Å². The summed E-state index contributed by atoms with van der Waals surface area (Å²) < 4.78 is 39.6. The number of halogens is 3. The van der Waals surface area contributed by atoms with Crippen LogP contribution >= 0.6 is 0 Å². The summed E-state index contributed by atoms with van der Waals surface area (Å²) in [7, 11) is 0. The lowest BCUT2D eigenvalue weighted by molar-refractivity contribution is -0.137. The molecular weight excluding hydrogens is 345 g/mol. The molecule has 26 heavy (non-hydrogen) atoms. The number of alkyl halides is 3. The molecule has 4 nitrogen and oxygen atoms in total. The Bertz CT molecular complexity index is 667. The Morgan fingerprint density at radius 3 is 2.38 bits per heavy atom. The first-order chi connectivity index (χ1) is 12.4. The zero-order valence-corrected chi connectivity index (χ0v) is 14.5.